The first-order chi connectivity index (χ1) is 7.38. The van der Waals surface area contributed by atoms with Crippen molar-refractivity contribution in [2.45, 2.75) is 13.0 Å². The van der Waals surface area contributed by atoms with Gasteiger partial charge in [0.15, 0.2) is 6.39 Å². The normalized spacial score (nSPS) is 10.8. The van der Waals surface area contributed by atoms with Gasteiger partial charge in [0.05, 0.1) is 18.9 Å². The third-order valence-electron chi connectivity index (χ3n) is 2.03. The van der Waals surface area contributed by atoms with Gasteiger partial charge >= 0.3 is 0 Å². The molecule has 86 valence electrons. The van der Waals surface area contributed by atoms with Crippen LogP contribution in [-0.4, -0.2) is 39.0 Å². The van der Waals surface area contributed by atoms with Gasteiger partial charge in [0.1, 0.15) is 5.76 Å². The summed E-state index contributed by atoms with van der Waals surface area (Å²) in [4.78, 5) is 4.14. The fourth-order valence-corrected chi connectivity index (χ4v) is 1.22. The second-order valence-corrected chi connectivity index (χ2v) is 3.13. The van der Waals surface area contributed by atoms with Crippen molar-refractivity contribution in [2.24, 2.45) is 0 Å². The molecule has 0 saturated heterocycles. The lowest BCUT2D eigenvalue weighted by molar-refractivity contribution is 0.195. The summed E-state index contributed by atoms with van der Waals surface area (Å²) in [6.07, 6.45) is 2.23. The number of aromatic nitrogens is 1. The molecule has 0 bridgehead atoms. The second kappa shape index (κ2) is 7.39. The maximum absolute atomic E-state index is 5.26. The lowest BCUT2D eigenvalue weighted by Gasteiger charge is -2.03. The van der Waals surface area contributed by atoms with Gasteiger partial charge in [-0.2, -0.15) is 0 Å². The summed E-state index contributed by atoms with van der Waals surface area (Å²) in [5.41, 5.74) is 0.947. The van der Waals surface area contributed by atoms with Gasteiger partial charge in [-0.25, -0.2) is 4.98 Å². The van der Waals surface area contributed by atoms with Gasteiger partial charge < -0.3 is 19.2 Å². The molecule has 5 heteroatoms. The van der Waals surface area contributed by atoms with Crippen molar-refractivity contribution >= 4 is 0 Å². The number of oxazole rings is 1. The largest absolute Gasteiger partial charge is 0.448 e. The van der Waals surface area contributed by atoms with Gasteiger partial charge in [0, 0.05) is 33.7 Å². The molecule has 15 heavy (non-hydrogen) atoms. The van der Waals surface area contributed by atoms with Crippen molar-refractivity contribution in [3.05, 3.63) is 17.8 Å². The van der Waals surface area contributed by atoms with Crippen LogP contribution in [0.15, 0.2) is 10.8 Å². The third-order valence-corrected chi connectivity index (χ3v) is 2.03. The zero-order valence-electron chi connectivity index (χ0n) is 9.28. The van der Waals surface area contributed by atoms with E-state index in [0.29, 0.717) is 19.8 Å². The molecule has 0 atom stereocenters. The zero-order chi connectivity index (χ0) is 10.9. The fraction of sp³-hybridized carbons (Fsp3) is 0.700. The number of nitrogens with one attached hydrogen (secondary N) is 1. The van der Waals surface area contributed by atoms with E-state index in [1.54, 1.807) is 14.2 Å². The third kappa shape index (κ3) is 4.42. The van der Waals surface area contributed by atoms with E-state index in [-0.39, 0.29) is 0 Å². The molecule has 0 aliphatic carbocycles. The Balaban J connectivity index is 2.29. The van der Waals surface area contributed by atoms with Crippen LogP contribution in [-0.2, 0) is 22.4 Å². The summed E-state index contributed by atoms with van der Waals surface area (Å²) in [5.74, 6) is 0.891. The van der Waals surface area contributed by atoms with E-state index in [0.717, 1.165) is 24.4 Å². The van der Waals surface area contributed by atoms with Gasteiger partial charge in [-0.1, -0.05) is 0 Å². The highest BCUT2D eigenvalue weighted by Crippen LogP contribution is 2.07. The second-order valence-electron chi connectivity index (χ2n) is 3.13. The van der Waals surface area contributed by atoms with Gasteiger partial charge in [-0.15, -0.1) is 0 Å². The van der Waals surface area contributed by atoms with Crippen molar-refractivity contribution in [3.63, 3.8) is 0 Å². The minimum absolute atomic E-state index is 0.653. The molecule has 1 aromatic rings. The maximum atomic E-state index is 5.26. The van der Waals surface area contributed by atoms with Gasteiger partial charge in [-0.05, 0) is 0 Å². The van der Waals surface area contributed by atoms with Crippen LogP contribution in [0.5, 0.6) is 0 Å². The smallest absolute Gasteiger partial charge is 0.181 e. The molecule has 0 aromatic carbocycles. The molecule has 0 unspecified atom stereocenters. The highest BCUT2D eigenvalue weighted by molar-refractivity contribution is 5.07. The molecular formula is C10H18N2O3. The SMILES string of the molecule is COCCNCc1ncoc1CCOC. The van der Waals surface area contributed by atoms with Crippen molar-refractivity contribution in [3.8, 4) is 0 Å². The zero-order valence-corrected chi connectivity index (χ0v) is 9.28. The molecular weight excluding hydrogens is 196 g/mol. The van der Waals surface area contributed by atoms with Crippen LogP contribution in [0, 0.1) is 0 Å². The maximum Gasteiger partial charge on any atom is 0.181 e. The highest BCUT2D eigenvalue weighted by Gasteiger charge is 2.06. The summed E-state index contributed by atoms with van der Waals surface area (Å²) in [5, 5.41) is 3.22. The standard InChI is InChI=1S/C10H18N2O3/c1-13-5-3-10-9(12-8-15-10)7-11-4-6-14-2/h8,11H,3-7H2,1-2H3. The quantitative estimate of drug-likeness (QED) is 0.642. The number of nitrogens with zero attached hydrogens (tertiary/aromatic N) is 1. The first-order valence-electron chi connectivity index (χ1n) is 4.98. The molecule has 0 spiro atoms. The fourth-order valence-electron chi connectivity index (χ4n) is 1.22. The topological polar surface area (TPSA) is 56.5 Å². The van der Waals surface area contributed by atoms with Crippen molar-refractivity contribution < 1.29 is 13.9 Å². The first kappa shape index (κ1) is 12.2. The van der Waals surface area contributed by atoms with E-state index in [4.69, 9.17) is 13.9 Å². The Morgan fingerprint density at radius 1 is 1.33 bits per heavy atom. The average molecular weight is 214 g/mol. The molecule has 1 heterocycles. The number of methoxy groups -OCH3 is 2. The Kier molecular flexibility index (Phi) is 5.99. The lowest BCUT2D eigenvalue weighted by Crippen LogP contribution is -2.19. The Labute approximate surface area is 89.8 Å². The van der Waals surface area contributed by atoms with E-state index < -0.39 is 0 Å². The highest BCUT2D eigenvalue weighted by atomic mass is 16.5. The number of ether oxygens (including phenoxy) is 2. The summed E-state index contributed by atoms with van der Waals surface area (Å²) >= 11 is 0. The molecule has 0 aliphatic heterocycles. The average Bonchev–Trinajstić information content (AvgIpc) is 2.69. The Bertz CT molecular complexity index is 263. The van der Waals surface area contributed by atoms with Crippen LogP contribution in [0.4, 0.5) is 0 Å². The van der Waals surface area contributed by atoms with Crippen molar-refractivity contribution in [2.75, 3.05) is 34.0 Å². The lowest BCUT2D eigenvalue weighted by atomic mass is 10.2. The molecule has 0 fully saturated rings. The van der Waals surface area contributed by atoms with Gasteiger partial charge in [-0.3, -0.25) is 0 Å². The van der Waals surface area contributed by atoms with Crippen LogP contribution in [0.3, 0.4) is 0 Å². The molecule has 1 N–H and O–H groups in total. The Morgan fingerprint density at radius 2 is 2.13 bits per heavy atom. The van der Waals surface area contributed by atoms with E-state index in [9.17, 15) is 0 Å². The van der Waals surface area contributed by atoms with Crippen LogP contribution in [0.25, 0.3) is 0 Å². The summed E-state index contributed by atoms with van der Waals surface area (Å²) in [6, 6.07) is 0. The minimum Gasteiger partial charge on any atom is -0.448 e. The summed E-state index contributed by atoms with van der Waals surface area (Å²) in [6.45, 7) is 2.87. The van der Waals surface area contributed by atoms with Crippen molar-refractivity contribution in [1.82, 2.24) is 10.3 Å². The predicted octanol–water partition coefficient (Wildman–Crippen LogP) is 0.599. The Hall–Kier alpha value is -0.910. The van der Waals surface area contributed by atoms with Crippen molar-refractivity contribution in [1.29, 1.82) is 0 Å². The number of hydrogen-bond donors (Lipinski definition) is 1. The molecule has 0 saturated carbocycles. The van der Waals surface area contributed by atoms with Crippen LogP contribution >= 0.6 is 0 Å². The Morgan fingerprint density at radius 3 is 2.87 bits per heavy atom. The molecule has 0 radical (unpaired) electrons. The van der Waals surface area contributed by atoms with Gasteiger partial charge in [0.25, 0.3) is 0 Å². The predicted molar refractivity (Wildman–Crippen MR) is 55.7 cm³/mol. The number of rotatable bonds is 8. The van der Waals surface area contributed by atoms with Gasteiger partial charge in [0.2, 0.25) is 0 Å². The molecule has 0 amide bonds. The van der Waals surface area contributed by atoms with E-state index in [1.165, 1.54) is 6.39 Å². The van der Waals surface area contributed by atoms with E-state index in [1.807, 2.05) is 0 Å². The van der Waals surface area contributed by atoms with Crippen LogP contribution in [0.1, 0.15) is 11.5 Å². The molecule has 1 rings (SSSR count). The van der Waals surface area contributed by atoms with Crippen LogP contribution < -0.4 is 5.32 Å². The van der Waals surface area contributed by atoms with E-state index in [2.05, 4.69) is 10.3 Å². The molecule has 5 nitrogen and oxygen atoms in total. The molecule has 0 aliphatic rings. The monoisotopic (exact) mass is 214 g/mol. The van der Waals surface area contributed by atoms with E-state index >= 15 is 0 Å². The first-order valence-corrected chi connectivity index (χ1v) is 4.98. The number of hydrogen-bond acceptors (Lipinski definition) is 5. The molecule has 1 aromatic heterocycles. The minimum atomic E-state index is 0.653. The summed E-state index contributed by atoms with van der Waals surface area (Å²) < 4.78 is 15.2. The summed E-state index contributed by atoms with van der Waals surface area (Å²) in [7, 11) is 3.36. The van der Waals surface area contributed by atoms with Crippen LogP contribution in [0.2, 0.25) is 0 Å².